The predicted octanol–water partition coefficient (Wildman–Crippen LogP) is 1.39. The number of aromatic nitrogens is 1. The Morgan fingerprint density at radius 2 is 2.53 bits per heavy atom. The molecule has 0 aliphatic heterocycles. The van der Waals surface area contributed by atoms with Gasteiger partial charge in [0.25, 0.3) is 0 Å². The fourth-order valence-corrected chi connectivity index (χ4v) is 1.49. The van der Waals surface area contributed by atoms with E-state index in [1.165, 1.54) is 0 Å². The average Bonchev–Trinajstić information content (AvgIpc) is 2.67. The minimum atomic E-state index is 0. The molecule has 0 aliphatic carbocycles. The van der Waals surface area contributed by atoms with Gasteiger partial charge in [-0.15, -0.1) is 41.9 Å². The Labute approximate surface area is 111 Å². The highest BCUT2D eigenvalue weighted by atomic mass is 127. The van der Waals surface area contributed by atoms with Crippen LogP contribution in [0.2, 0.25) is 0 Å². The lowest BCUT2D eigenvalue weighted by Crippen LogP contribution is -2.31. The fourth-order valence-electron chi connectivity index (χ4n) is 0.881. The van der Waals surface area contributed by atoms with Crippen molar-refractivity contribution in [2.45, 2.75) is 6.42 Å². The minimum absolute atomic E-state index is 0. The van der Waals surface area contributed by atoms with Crippen molar-refractivity contribution in [1.82, 2.24) is 10.3 Å². The maximum absolute atomic E-state index is 5.57. The Morgan fingerprint density at radius 1 is 1.73 bits per heavy atom. The van der Waals surface area contributed by atoms with Crippen LogP contribution in [-0.2, 0) is 6.42 Å². The first-order valence-electron chi connectivity index (χ1n) is 4.36. The summed E-state index contributed by atoms with van der Waals surface area (Å²) in [6, 6.07) is 0. The van der Waals surface area contributed by atoms with Gasteiger partial charge < -0.3 is 11.1 Å². The molecule has 15 heavy (non-hydrogen) atoms. The Hall–Kier alpha value is -0.630. The van der Waals surface area contributed by atoms with Gasteiger partial charge in [0.1, 0.15) is 0 Å². The summed E-state index contributed by atoms with van der Waals surface area (Å²) in [6.07, 6.45) is 4.38. The highest BCUT2D eigenvalue weighted by Gasteiger charge is 1.94. The first-order chi connectivity index (χ1) is 6.83. The predicted molar refractivity (Wildman–Crippen MR) is 75.9 cm³/mol. The Kier molecular flexibility index (Phi) is 8.30. The second-order valence-corrected chi connectivity index (χ2v) is 3.59. The largest absolute Gasteiger partial charge is 0.370 e. The molecule has 0 bridgehead atoms. The first-order valence-corrected chi connectivity index (χ1v) is 5.24. The third-order valence-corrected chi connectivity index (χ3v) is 2.36. The van der Waals surface area contributed by atoms with Crippen molar-refractivity contribution in [3.8, 4) is 0 Å². The summed E-state index contributed by atoms with van der Waals surface area (Å²) in [7, 11) is 0. The van der Waals surface area contributed by atoms with Gasteiger partial charge in [-0.05, 0) is 0 Å². The minimum Gasteiger partial charge on any atom is -0.370 e. The van der Waals surface area contributed by atoms with Crippen molar-refractivity contribution < 1.29 is 0 Å². The molecule has 0 aromatic carbocycles. The molecule has 0 amide bonds. The average molecular weight is 338 g/mol. The zero-order valence-corrected chi connectivity index (χ0v) is 11.5. The van der Waals surface area contributed by atoms with Gasteiger partial charge in [0.2, 0.25) is 0 Å². The molecule has 0 spiro atoms. The van der Waals surface area contributed by atoms with Crippen LogP contribution in [0.1, 0.15) is 5.01 Å². The lowest BCUT2D eigenvalue weighted by Gasteiger charge is -2.00. The van der Waals surface area contributed by atoms with Crippen molar-refractivity contribution in [1.29, 1.82) is 0 Å². The maximum atomic E-state index is 5.57. The van der Waals surface area contributed by atoms with Crippen LogP contribution >= 0.6 is 35.3 Å². The molecule has 1 heterocycles. The number of hydrogen-bond donors (Lipinski definition) is 2. The number of guanidine groups is 1. The van der Waals surface area contributed by atoms with E-state index in [-0.39, 0.29) is 24.0 Å². The molecular formula is C9H15IN4S. The topological polar surface area (TPSA) is 63.3 Å². The highest BCUT2D eigenvalue weighted by molar-refractivity contribution is 14.0. The molecule has 1 rings (SSSR count). The zero-order chi connectivity index (χ0) is 10.2. The van der Waals surface area contributed by atoms with Gasteiger partial charge in [0.15, 0.2) is 5.96 Å². The number of aliphatic imine (C=N–C) groups is 1. The summed E-state index contributed by atoms with van der Waals surface area (Å²) < 4.78 is 0. The Morgan fingerprint density at radius 3 is 3.13 bits per heavy atom. The second-order valence-electron chi connectivity index (χ2n) is 2.61. The second kappa shape index (κ2) is 8.66. The number of nitrogens with zero attached hydrogens (tertiary/aromatic N) is 2. The molecule has 1 aromatic rings. The van der Waals surface area contributed by atoms with Crippen LogP contribution in [-0.4, -0.2) is 24.0 Å². The molecule has 6 heteroatoms. The van der Waals surface area contributed by atoms with Gasteiger partial charge >= 0.3 is 0 Å². The highest BCUT2D eigenvalue weighted by Crippen LogP contribution is 2.03. The maximum Gasteiger partial charge on any atom is 0.188 e. The van der Waals surface area contributed by atoms with E-state index >= 15 is 0 Å². The van der Waals surface area contributed by atoms with Gasteiger partial charge in [0, 0.05) is 31.1 Å². The van der Waals surface area contributed by atoms with Gasteiger partial charge in [-0.2, -0.15) is 0 Å². The molecule has 0 radical (unpaired) electrons. The van der Waals surface area contributed by atoms with Crippen molar-refractivity contribution in [3.63, 3.8) is 0 Å². The molecule has 84 valence electrons. The Bertz CT molecular complexity index is 297. The molecule has 3 N–H and O–H groups in total. The fraction of sp³-hybridized carbons (Fsp3) is 0.333. The number of nitrogens with two attached hydrogens (primary N) is 1. The summed E-state index contributed by atoms with van der Waals surface area (Å²) in [5.41, 5.74) is 5.57. The number of nitrogens with one attached hydrogen (secondary N) is 1. The number of hydrogen-bond acceptors (Lipinski definition) is 3. The van der Waals surface area contributed by atoms with Crippen LogP contribution in [0.5, 0.6) is 0 Å². The molecule has 0 unspecified atom stereocenters. The number of thiazole rings is 1. The summed E-state index contributed by atoms with van der Waals surface area (Å²) in [5.74, 6) is 0.460. The van der Waals surface area contributed by atoms with E-state index in [4.69, 9.17) is 5.73 Å². The van der Waals surface area contributed by atoms with Crippen LogP contribution < -0.4 is 11.1 Å². The van der Waals surface area contributed by atoms with Crippen molar-refractivity contribution in [2.75, 3.05) is 13.1 Å². The van der Waals surface area contributed by atoms with Crippen LogP contribution in [0.25, 0.3) is 0 Å². The Balaban J connectivity index is 0.00000196. The van der Waals surface area contributed by atoms with Crippen molar-refractivity contribution in [3.05, 3.63) is 29.2 Å². The molecular weight excluding hydrogens is 323 g/mol. The molecule has 0 aliphatic rings. The van der Waals surface area contributed by atoms with Gasteiger partial charge in [-0.25, -0.2) is 4.98 Å². The standard InChI is InChI=1S/C9H14N4S.HI/c1-2-4-12-9(10)13-5-3-8-11-6-7-14-8;/h2,6-7H,1,3-5H2,(H3,10,12,13);1H. The third-order valence-electron chi connectivity index (χ3n) is 1.52. The van der Waals surface area contributed by atoms with Crippen LogP contribution in [0.15, 0.2) is 29.2 Å². The van der Waals surface area contributed by atoms with Crippen LogP contribution in [0, 0.1) is 0 Å². The number of halogens is 1. The van der Waals surface area contributed by atoms with Crippen LogP contribution in [0.4, 0.5) is 0 Å². The van der Waals surface area contributed by atoms with E-state index in [2.05, 4.69) is 21.9 Å². The summed E-state index contributed by atoms with van der Waals surface area (Å²) in [4.78, 5) is 8.29. The van der Waals surface area contributed by atoms with E-state index in [0.717, 1.165) is 11.4 Å². The van der Waals surface area contributed by atoms with E-state index in [0.29, 0.717) is 19.0 Å². The molecule has 1 aromatic heterocycles. The van der Waals surface area contributed by atoms with E-state index in [9.17, 15) is 0 Å². The van der Waals surface area contributed by atoms with Gasteiger partial charge in [-0.3, -0.25) is 4.99 Å². The monoisotopic (exact) mass is 338 g/mol. The SMILES string of the molecule is C=CCNC(N)=NCCc1nccs1.I. The zero-order valence-electron chi connectivity index (χ0n) is 8.35. The van der Waals surface area contributed by atoms with Crippen molar-refractivity contribution in [2.24, 2.45) is 10.7 Å². The molecule has 0 saturated carbocycles. The molecule has 0 fully saturated rings. The first kappa shape index (κ1) is 14.4. The molecule has 0 saturated heterocycles. The number of rotatable bonds is 5. The van der Waals surface area contributed by atoms with E-state index in [1.54, 1.807) is 23.6 Å². The summed E-state index contributed by atoms with van der Waals surface area (Å²) in [6.45, 7) is 4.89. The van der Waals surface area contributed by atoms with E-state index in [1.807, 2.05) is 5.38 Å². The lowest BCUT2D eigenvalue weighted by atomic mass is 10.4. The summed E-state index contributed by atoms with van der Waals surface area (Å²) >= 11 is 1.63. The van der Waals surface area contributed by atoms with Crippen LogP contribution in [0.3, 0.4) is 0 Å². The summed E-state index contributed by atoms with van der Waals surface area (Å²) in [5, 5.41) is 5.95. The molecule has 0 atom stereocenters. The molecule has 4 nitrogen and oxygen atoms in total. The smallest absolute Gasteiger partial charge is 0.188 e. The van der Waals surface area contributed by atoms with E-state index < -0.39 is 0 Å². The third kappa shape index (κ3) is 6.45. The lowest BCUT2D eigenvalue weighted by molar-refractivity contribution is 0.921. The quantitative estimate of drug-likeness (QED) is 0.369. The van der Waals surface area contributed by atoms with Gasteiger partial charge in [-0.1, -0.05) is 6.08 Å². The normalized spacial score (nSPS) is 10.5. The van der Waals surface area contributed by atoms with Gasteiger partial charge in [0.05, 0.1) is 5.01 Å². The van der Waals surface area contributed by atoms with Crippen molar-refractivity contribution >= 4 is 41.3 Å².